The molecule has 0 aliphatic heterocycles. The molecule has 0 fully saturated rings. The fourth-order valence-electron chi connectivity index (χ4n) is 4.51. The molecule has 0 radical (unpaired) electrons. The van der Waals surface area contributed by atoms with Gasteiger partial charge in [0, 0.05) is 18.5 Å². The van der Waals surface area contributed by atoms with E-state index in [0.29, 0.717) is 18.2 Å². The lowest BCUT2D eigenvalue weighted by molar-refractivity contribution is 0.144. The molecule has 1 aromatic heterocycles. The average molecular weight is 465 g/mol. The number of ether oxygens (including phenoxy) is 1. The molecule has 0 saturated heterocycles. The van der Waals surface area contributed by atoms with Crippen LogP contribution in [0.2, 0.25) is 0 Å². The van der Waals surface area contributed by atoms with E-state index in [1.165, 1.54) is 10.8 Å². The molecule has 176 valence electrons. The van der Waals surface area contributed by atoms with Crippen molar-refractivity contribution in [2.45, 2.75) is 33.2 Å². The summed E-state index contributed by atoms with van der Waals surface area (Å²) in [6, 6.07) is 28.2. The van der Waals surface area contributed by atoms with Gasteiger partial charge in [-0.05, 0) is 46.0 Å². The summed E-state index contributed by atoms with van der Waals surface area (Å²) in [5, 5.41) is 11.5. The van der Waals surface area contributed by atoms with Gasteiger partial charge in [0.05, 0.1) is 11.0 Å². The maximum atomic E-state index is 11.1. The molecule has 1 heterocycles. The Bertz CT molecular complexity index is 1500. The second-order valence-electron chi connectivity index (χ2n) is 9.08. The number of carbonyl (C=O) groups is 1. The van der Waals surface area contributed by atoms with Crippen LogP contribution in [-0.2, 0) is 13.0 Å². The van der Waals surface area contributed by atoms with Crippen LogP contribution in [-0.4, -0.2) is 20.8 Å². The van der Waals surface area contributed by atoms with Gasteiger partial charge in [0.15, 0.2) is 0 Å². The summed E-state index contributed by atoms with van der Waals surface area (Å²) in [6.45, 7) is 5.20. The van der Waals surface area contributed by atoms with Gasteiger partial charge < -0.3 is 14.4 Å². The Hall–Kier alpha value is -4.12. The van der Waals surface area contributed by atoms with Crippen LogP contribution in [0.25, 0.3) is 32.9 Å². The Morgan fingerprint density at radius 2 is 1.66 bits per heavy atom. The first kappa shape index (κ1) is 22.7. The molecule has 0 saturated carbocycles. The molecule has 0 spiro atoms. The Morgan fingerprint density at radius 1 is 0.971 bits per heavy atom. The van der Waals surface area contributed by atoms with Crippen LogP contribution < -0.4 is 4.74 Å². The van der Waals surface area contributed by atoms with E-state index in [4.69, 9.17) is 14.8 Å². The van der Waals surface area contributed by atoms with Gasteiger partial charge in [0.1, 0.15) is 11.6 Å². The zero-order valence-electron chi connectivity index (χ0n) is 19.9. The molecule has 1 unspecified atom stereocenters. The number of imidazole rings is 1. The topological polar surface area (TPSA) is 64.4 Å². The van der Waals surface area contributed by atoms with E-state index in [1.807, 2.05) is 24.3 Å². The first-order valence-corrected chi connectivity index (χ1v) is 12.0. The van der Waals surface area contributed by atoms with Crippen LogP contribution in [0.3, 0.4) is 0 Å². The second-order valence-corrected chi connectivity index (χ2v) is 9.08. The van der Waals surface area contributed by atoms with Crippen molar-refractivity contribution in [2.24, 2.45) is 5.92 Å². The smallest absolute Gasteiger partial charge is 0.449 e. The number of aromatic nitrogens is 2. The molecule has 4 aromatic carbocycles. The van der Waals surface area contributed by atoms with Crippen LogP contribution in [0, 0.1) is 5.92 Å². The first-order valence-electron chi connectivity index (χ1n) is 12.0. The second kappa shape index (κ2) is 9.63. The Balaban J connectivity index is 1.52. The minimum absolute atomic E-state index is 0.330. The molecule has 1 atom stereocenters. The highest BCUT2D eigenvalue weighted by Crippen LogP contribution is 2.31. The van der Waals surface area contributed by atoms with Gasteiger partial charge in [-0.15, -0.1) is 0 Å². The number of nitrogens with zero attached hydrogens (tertiary/aromatic N) is 2. The Morgan fingerprint density at radius 3 is 2.37 bits per heavy atom. The van der Waals surface area contributed by atoms with E-state index >= 15 is 0 Å². The predicted molar refractivity (Wildman–Crippen MR) is 140 cm³/mol. The number of hydrogen-bond acceptors (Lipinski definition) is 3. The quantitative estimate of drug-likeness (QED) is 0.199. The summed E-state index contributed by atoms with van der Waals surface area (Å²) in [7, 11) is 0. The minimum Gasteiger partial charge on any atom is -0.449 e. The summed E-state index contributed by atoms with van der Waals surface area (Å²) >= 11 is 0. The monoisotopic (exact) mass is 464 g/mol. The summed E-state index contributed by atoms with van der Waals surface area (Å²) in [4.78, 5) is 16.1. The van der Waals surface area contributed by atoms with E-state index in [0.717, 1.165) is 46.4 Å². The van der Waals surface area contributed by atoms with Crippen molar-refractivity contribution in [1.29, 1.82) is 0 Å². The zero-order valence-corrected chi connectivity index (χ0v) is 19.9. The summed E-state index contributed by atoms with van der Waals surface area (Å²) in [5.41, 5.74) is 4.98. The van der Waals surface area contributed by atoms with E-state index in [1.54, 1.807) is 12.1 Å². The van der Waals surface area contributed by atoms with Crippen molar-refractivity contribution in [3.63, 3.8) is 0 Å². The highest BCUT2D eigenvalue weighted by atomic mass is 16.7. The predicted octanol–water partition coefficient (Wildman–Crippen LogP) is 7.55. The summed E-state index contributed by atoms with van der Waals surface area (Å²) < 4.78 is 7.30. The lowest BCUT2D eigenvalue weighted by Crippen LogP contribution is -2.09. The molecule has 0 aliphatic carbocycles. The molecular formula is C30H28N2O3. The van der Waals surface area contributed by atoms with Crippen molar-refractivity contribution >= 4 is 28.0 Å². The normalized spacial score (nSPS) is 12.2. The van der Waals surface area contributed by atoms with Crippen LogP contribution in [0.5, 0.6) is 5.75 Å². The van der Waals surface area contributed by atoms with Crippen molar-refractivity contribution < 1.29 is 14.6 Å². The molecule has 0 bridgehead atoms. The summed E-state index contributed by atoms with van der Waals surface area (Å²) in [5.74, 6) is 1.98. The standard InChI is InChI=1S/C30H28N2O3/c1-3-20(2)16-29-31-26-17-23-8-4-5-9-24(23)18-27(26)32(29)19-21-12-14-22(15-13-21)25-10-6-7-11-28(25)35-30(33)34/h4-15,17-18,20H,3,16,19H2,1-2H3,(H,33,34). The number of rotatable bonds is 7. The van der Waals surface area contributed by atoms with E-state index in [-0.39, 0.29) is 0 Å². The van der Waals surface area contributed by atoms with Gasteiger partial charge in [-0.2, -0.15) is 0 Å². The number of para-hydroxylation sites is 1. The third-order valence-corrected chi connectivity index (χ3v) is 6.61. The molecule has 5 aromatic rings. The van der Waals surface area contributed by atoms with Crippen LogP contribution >= 0.6 is 0 Å². The Labute approximate surface area is 204 Å². The van der Waals surface area contributed by atoms with Gasteiger partial charge in [0.25, 0.3) is 0 Å². The fourth-order valence-corrected chi connectivity index (χ4v) is 4.51. The van der Waals surface area contributed by atoms with Gasteiger partial charge in [-0.25, -0.2) is 9.78 Å². The largest absolute Gasteiger partial charge is 0.511 e. The number of fused-ring (bicyclic) bond motifs is 2. The number of benzene rings is 4. The lowest BCUT2D eigenvalue weighted by atomic mass is 10.0. The molecular weight excluding hydrogens is 436 g/mol. The van der Waals surface area contributed by atoms with Gasteiger partial charge in [-0.1, -0.05) is 87.0 Å². The van der Waals surface area contributed by atoms with Crippen molar-refractivity contribution in [2.75, 3.05) is 0 Å². The lowest BCUT2D eigenvalue weighted by Gasteiger charge is -2.13. The molecule has 35 heavy (non-hydrogen) atoms. The first-order chi connectivity index (χ1) is 17.0. The van der Waals surface area contributed by atoms with Gasteiger partial charge >= 0.3 is 6.16 Å². The van der Waals surface area contributed by atoms with Crippen molar-refractivity contribution in [3.8, 4) is 16.9 Å². The molecule has 5 rings (SSSR count). The van der Waals surface area contributed by atoms with Crippen molar-refractivity contribution in [3.05, 3.63) is 96.3 Å². The van der Waals surface area contributed by atoms with Crippen LogP contribution in [0.4, 0.5) is 4.79 Å². The van der Waals surface area contributed by atoms with E-state index < -0.39 is 6.16 Å². The highest BCUT2D eigenvalue weighted by molar-refractivity contribution is 5.95. The molecule has 0 aliphatic rings. The van der Waals surface area contributed by atoms with Crippen LogP contribution in [0.15, 0.2) is 84.9 Å². The van der Waals surface area contributed by atoms with E-state index in [2.05, 4.69) is 66.9 Å². The summed E-state index contributed by atoms with van der Waals surface area (Å²) in [6.07, 6.45) is 0.722. The number of hydrogen-bond donors (Lipinski definition) is 1. The van der Waals surface area contributed by atoms with Gasteiger partial charge in [-0.3, -0.25) is 0 Å². The average Bonchev–Trinajstić information content (AvgIpc) is 3.18. The molecule has 1 N–H and O–H groups in total. The minimum atomic E-state index is -1.32. The molecule has 0 amide bonds. The van der Waals surface area contributed by atoms with Gasteiger partial charge in [0.2, 0.25) is 0 Å². The molecule has 5 nitrogen and oxygen atoms in total. The van der Waals surface area contributed by atoms with Crippen LogP contribution in [0.1, 0.15) is 31.7 Å². The van der Waals surface area contributed by atoms with E-state index in [9.17, 15) is 4.79 Å². The molecule has 5 heteroatoms. The highest BCUT2D eigenvalue weighted by Gasteiger charge is 2.15. The maximum Gasteiger partial charge on any atom is 0.511 e. The fraction of sp³-hybridized carbons (Fsp3) is 0.200. The SMILES string of the molecule is CCC(C)Cc1nc2cc3ccccc3cc2n1Cc1ccc(-c2ccccc2OC(=O)O)cc1. The maximum absolute atomic E-state index is 11.1. The Kier molecular flexibility index (Phi) is 6.23. The van der Waals surface area contributed by atoms with Crippen molar-refractivity contribution in [1.82, 2.24) is 9.55 Å². The number of carboxylic acid groups (broad SMARTS) is 1. The third-order valence-electron chi connectivity index (χ3n) is 6.61. The zero-order chi connectivity index (χ0) is 24.4. The third kappa shape index (κ3) is 4.76.